The minimum atomic E-state index is 0.0429. The Hall–Kier alpha value is -2.21. The van der Waals surface area contributed by atoms with Crippen LogP contribution in [0.2, 0.25) is 0 Å². The molecule has 0 saturated carbocycles. The van der Waals surface area contributed by atoms with Crippen molar-refractivity contribution < 1.29 is 9.32 Å². The highest BCUT2D eigenvalue weighted by atomic mass is 16.5. The number of nitrogens with zero attached hydrogens (tertiary/aromatic N) is 4. The summed E-state index contributed by atoms with van der Waals surface area (Å²) in [5.41, 5.74) is 1.27. The first kappa shape index (κ1) is 17.2. The third-order valence-electron chi connectivity index (χ3n) is 5.52. The summed E-state index contributed by atoms with van der Waals surface area (Å²) >= 11 is 0. The predicted octanol–water partition coefficient (Wildman–Crippen LogP) is 2.43. The number of aryl methyl sites for hydroxylation is 1. The lowest BCUT2D eigenvalue weighted by molar-refractivity contribution is -0.144. The van der Waals surface area contributed by atoms with Gasteiger partial charge in [-0.2, -0.15) is 4.98 Å². The second-order valence-electron chi connectivity index (χ2n) is 7.49. The van der Waals surface area contributed by atoms with E-state index in [4.69, 9.17) is 4.52 Å². The molecule has 3 heterocycles. The molecule has 138 valence electrons. The number of benzene rings is 1. The molecule has 2 aliphatic rings. The Balaban J connectivity index is 1.33. The van der Waals surface area contributed by atoms with E-state index in [1.807, 2.05) is 13.0 Å². The van der Waals surface area contributed by atoms with Crippen LogP contribution in [-0.2, 0) is 17.8 Å². The first-order valence-corrected chi connectivity index (χ1v) is 9.55. The van der Waals surface area contributed by atoms with E-state index in [0.29, 0.717) is 17.7 Å². The van der Waals surface area contributed by atoms with Gasteiger partial charge < -0.3 is 9.42 Å². The van der Waals surface area contributed by atoms with E-state index in [1.54, 1.807) is 0 Å². The van der Waals surface area contributed by atoms with Gasteiger partial charge in [-0.05, 0) is 30.7 Å². The topological polar surface area (TPSA) is 62.5 Å². The molecule has 6 heteroatoms. The Morgan fingerprint density at radius 1 is 1.23 bits per heavy atom. The molecule has 2 fully saturated rings. The van der Waals surface area contributed by atoms with Crippen molar-refractivity contribution in [3.8, 4) is 0 Å². The molecule has 2 aromatic rings. The summed E-state index contributed by atoms with van der Waals surface area (Å²) in [4.78, 5) is 21.7. The molecule has 2 aliphatic heterocycles. The largest absolute Gasteiger partial charge is 0.341 e. The molecule has 0 spiro atoms. The molecule has 2 unspecified atom stereocenters. The Bertz CT molecular complexity index is 745. The van der Waals surface area contributed by atoms with Gasteiger partial charge in [-0.1, -0.05) is 35.5 Å². The summed E-state index contributed by atoms with van der Waals surface area (Å²) in [6, 6.07) is 10.4. The molecular weight excluding hydrogens is 328 g/mol. The molecule has 0 aliphatic carbocycles. The Labute approximate surface area is 154 Å². The molecular formula is C20H26N4O2. The second kappa shape index (κ2) is 7.58. The van der Waals surface area contributed by atoms with Crippen LogP contribution in [0.4, 0.5) is 0 Å². The van der Waals surface area contributed by atoms with Gasteiger partial charge in [0.1, 0.15) is 0 Å². The van der Waals surface area contributed by atoms with Gasteiger partial charge in [0, 0.05) is 39.5 Å². The highest BCUT2D eigenvalue weighted by molar-refractivity contribution is 5.83. The van der Waals surface area contributed by atoms with Crippen molar-refractivity contribution in [3.63, 3.8) is 0 Å². The van der Waals surface area contributed by atoms with Gasteiger partial charge in [0.05, 0.1) is 6.04 Å². The number of carbonyl (C=O) groups excluding carboxylic acids is 1. The summed E-state index contributed by atoms with van der Waals surface area (Å²) in [6.07, 6.45) is 3.94. The van der Waals surface area contributed by atoms with Gasteiger partial charge in [0.15, 0.2) is 5.82 Å². The van der Waals surface area contributed by atoms with Gasteiger partial charge in [-0.15, -0.1) is 0 Å². The van der Waals surface area contributed by atoms with Crippen LogP contribution in [0.5, 0.6) is 0 Å². The average molecular weight is 354 g/mol. The van der Waals surface area contributed by atoms with Crippen LogP contribution in [0.1, 0.15) is 36.5 Å². The summed E-state index contributed by atoms with van der Waals surface area (Å²) in [5, 5.41) is 4.00. The van der Waals surface area contributed by atoms with Crippen LogP contribution in [0.3, 0.4) is 0 Å². The lowest BCUT2D eigenvalue weighted by Gasteiger charge is -2.44. The average Bonchev–Trinajstić information content (AvgIpc) is 3.04. The molecule has 4 rings (SSSR count). The lowest BCUT2D eigenvalue weighted by Crippen LogP contribution is -2.57. The van der Waals surface area contributed by atoms with Crippen molar-refractivity contribution in [2.45, 2.75) is 45.2 Å². The smallest absolute Gasteiger partial charge is 0.239 e. The predicted molar refractivity (Wildman–Crippen MR) is 97.3 cm³/mol. The van der Waals surface area contributed by atoms with Crippen molar-refractivity contribution in [1.29, 1.82) is 0 Å². The van der Waals surface area contributed by atoms with E-state index in [2.05, 4.69) is 44.2 Å². The van der Waals surface area contributed by atoms with E-state index < -0.39 is 0 Å². The number of amides is 1. The number of rotatable bonds is 5. The fraction of sp³-hybridized carbons (Fsp3) is 0.550. The third-order valence-corrected chi connectivity index (χ3v) is 5.52. The minimum Gasteiger partial charge on any atom is -0.341 e. The minimum absolute atomic E-state index is 0.0429. The number of hydrogen-bond acceptors (Lipinski definition) is 5. The number of piperidine rings is 1. The fourth-order valence-corrected chi connectivity index (χ4v) is 4.05. The summed E-state index contributed by atoms with van der Waals surface area (Å²) in [7, 11) is 0. The van der Waals surface area contributed by atoms with Gasteiger partial charge in [-0.3, -0.25) is 9.69 Å². The molecule has 6 nitrogen and oxygen atoms in total. The van der Waals surface area contributed by atoms with E-state index in [-0.39, 0.29) is 6.04 Å². The van der Waals surface area contributed by atoms with Crippen LogP contribution in [0, 0.1) is 12.8 Å². The summed E-state index contributed by atoms with van der Waals surface area (Å²) in [6.45, 7) is 5.35. The highest BCUT2D eigenvalue weighted by Gasteiger charge is 2.38. The van der Waals surface area contributed by atoms with Crippen LogP contribution < -0.4 is 0 Å². The standard InChI is InChI=1S/C20H26N4O2/c1-15-21-19(22-26-15)12-17-8-5-10-24(14-17)20(25)18-9-11-23(18)13-16-6-3-2-4-7-16/h2-4,6-7,17-18H,5,8-14H2,1H3. The Kier molecular flexibility index (Phi) is 5.02. The SMILES string of the molecule is Cc1nc(CC2CCCN(C(=O)C3CCN3Cc3ccccc3)C2)no1. The van der Waals surface area contributed by atoms with Crippen molar-refractivity contribution >= 4 is 5.91 Å². The Morgan fingerprint density at radius 3 is 2.77 bits per heavy atom. The zero-order valence-corrected chi connectivity index (χ0v) is 15.3. The van der Waals surface area contributed by atoms with Crippen LogP contribution in [0.15, 0.2) is 34.9 Å². The molecule has 0 N–H and O–H groups in total. The molecule has 1 aromatic carbocycles. The van der Waals surface area contributed by atoms with Crippen molar-refractivity contribution in [3.05, 3.63) is 47.6 Å². The van der Waals surface area contributed by atoms with Crippen LogP contribution in [0.25, 0.3) is 0 Å². The maximum Gasteiger partial charge on any atom is 0.239 e. The van der Waals surface area contributed by atoms with E-state index >= 15 is 0 Å². The molecule has 26 heavy (non-hydrogen) atoms. The zero-order chi connectivity index (χ0) is 17.9. The van der Waals surface area contributed by atoms with Crippen LogP contribution >= 0.6 is 0 Å². The molecule has 2 atom stereocenters. The summed E-state index contributed by atoms with van der Waals surface area (Å²) < 4.78 is 5.07. The number of likely N-dealkylation sites (tertiary alicyclic amines) is 2. The van der Waals surface area contributed by atoms with Crippen molar-refractivity contribution in [2.75, 3.05) is 19.6 Å². The van der Waals surface area contributed by atoms with E-state index in [9.17, 15) is 4.79 Å². The zero-order valence-electron chi connectivity index (χ0n) is 15.3. The van der Waals surface area contributed by atoms with Gasteiger partial charge in [0.25, 0.3) is 0 Å². The maximum atomic E-state index is 13.0. The van der Waals surface area contributed by atoms with Gasteiger partial charge >= 0.3 is 0 Å². The number of hydrogen-bond donors (Lipinski definition) is 0. The van der Waals surface area contributed by atoms with Crippen molar-refractivity contribution in [1.82, 2.24) is 19.9 Å². The summed E-state index contributed by atoms with van der Waals surface area (Å²) in [5.74, 6) is 2.08. The molecule has 1 aromatic heterocycles. The molecule has 1 amide bonds. The third kappa shape index (κ3) is 3.80. The molecule has 0 radical (unpaired) electrons. The quantitative estimate of drug-likeness (QED) is 0.825. The first-order chi connectivity index (χ1) is 12.7. The number of aromatic nitrogens is 2. The lowest BCUT2D eigenvalue weighted by atomic mass is 9.92. The van der Waals surface area contributed by atoms with Gasteiger partial charge in [-0.25, -0.2) is 0 Å². The normalized spacial score (nSPS) is 23.7. The van der Waals surface area contributed by atoms with E-state index in [0.717, 1.165) is 57.7 Å². The molecule has 2 saturated heterocycles. The van der Waals surface area contributed by atoms with Gasteiger partial charge in [0.2, 0.25) is 11.8 Å². The molecule has 0 bridgehead atoms. The monoisotopic (exact) mass is 354 g/mol. The first-order valence-electron chi connectivity index (χ1n) is 9.55. The highest BCUT2D eigenvalue weighted by Crippen LogP contribution is 2.26. The number of carbonyl (C=O) groups is 1. The van der Waals surface area contributed by atoms with Crippen molar-refractivity contribution in [2.24, 2.45) is 5.92 Å². The fourth-order valence-electron chi connectivity index (χ4n) is 4.05. The van der Waals surface area contributed by atoms with Crippen LogP contribution in [-0.4, -0.2) is 51.5 Å². The van der Waals surface area contributed by atoms with E-state index in [1.165, 1.54) is 5.56 Å². The maximum absolute atomic E-state index is 13.0. The second-order valence-corrected chi connectivity index (χ2v) is 7.49. The Morgan fingerprint density at radius 2 is 2.08 bits per heavy atom.